The van der Waals surface area contributed by atoms with Crippen molar-refractivity contribution in [3.8, 4) is 22.2 Å². The van der Waals surface area contributed by atoms with Crippen molar-refractivity contribution in [1.82, 2.24) is 25.3 Å². The average molecular weight is 426 g/mol. The monoisotopic (exact) mass is 425 g/mol. The molecule has 0 unspecified atom stereocenters. The zero-order valence-electron chi connectivity index (χ0n) is 16.7. The highest BCUT2D eigenvalue weighted by Crippen LogP contribution is 2.26. The summed E-state index contributed by atoms with van der Waals surface area (Å²) in [6.07, 6.45) is 0. The summed E-state index contributed by atoms with van der Waals surface area (Å²) in [5.41, 5.74) is 2.11. The molecule has 0 bridgehead atoms. The summed E-state index contributed by atoms with van der Waals surface area (Å²) >= 11 is 1.57. The molecule has 1 aliphatic heterocycles. The Balaban J connectivity index is 1.29. The Kier molecular flexibility index (Phi) is 6.20. The minimum absolute atomic E-state index is 0.0313. The molecule has 3 heterocycles. The molecule has 156 valence electrons. The number of hydrogen-bond acceptors (Lipinski definition) is 7. The van der Waals surface area contributed by atoms with E-state index in [4.69, 9.17) is 4.52 Å². The molecule has 0 saturated carbocycles. The molecular formula is C21H23N5O3S. The number of nitrogens with zero attached hydrogens (tertiary/aromatic N) is 4. The van der Waals surface area contributed by atoms with Crippen molar-refractivity contribution in [3.63, 3.8) is 0 Å². The summed E-state index contributed by atoms with van der Waals surface area (Å²) in [4.78, 5) is 32.6. The Hall–Kier alpha value is -3.04. The van der Waals surface area contributed by atoms with E-state index in [1.807, 2.05) is 29.6 Å². The number of carbonyl (C=O) groups excluding carboxylic acids is 2. The van der Waals surface area contributed by atoms with E-state index in [0.29, 0.717) is 24.8 Å². The van der Waals surface area contributed by atoms with Crippen LogP contribution >= 0.6 is 11.3 Å². The standard InChI is InChI=1S/C21H23N5O3S/c1-15(27)22-13-19(28)26-10-8-25(9-11-26)14-16-4-6-17(7-5-16)20-23-21(29-24-20)18-3-2-12-30-18/h2-7,12H,8-11,13-14H2,1H3,(H,22,27). The molecule has 1 aromatic carbocycles. The Morgan fingerprint density at radius 2 is 1.90 bits per heavy atom. The molecule has 0 radical (unpaired) electrons. The molecule has 1 aliphatic rings. The van der Waals surface area contributed by atoms with Crippen LogP contribution in [0.4, 0.5) is 0 Å². The molecule has 9 heteroatoms. The first-order chi connectivity index (χ1) is 14.6. The van der Waals surface area contributed by atoms with Gasteiger partial charge in [0, 0.05) is 45.2 Å². The van der Waals surface area contributed by atoms with E-state index < -0.39 is 0 Å². The highest BCUT2D eigenvalue weighted by molar-refractivity contribution is 7.13. The van der Waals surface area contributed by atoms with Gasteiger partial charge in [-0.3, -0.25) is 14.5 Å². The fourth-order valence-corrected chi connectivity index (χ4v) is 3.97. The van der Waals surface area contributed by atoms with E-state index in [-0.39, 0.29) is 18.4 Å². The van der Waals surface area contributed by atoms with Gasteiger partial charge in [0.1, 0.15) is 0 Å². The second-order valence-corrected chi connectivity index (χ2v) is 8.11. The maximum atomic E-state index is 12.1. The zero-order valence-corrected chi connectivity index (χ0v) is 17.5. The first-order valence-corrected chi connectivity index (χ1v) is 10.7. The van der Waals surface area contributed by atoms with E-state index in [0.717, 1.165) is 30.1 Å². The van der Waals surface area contributed by atoms with Crippen LogP contribution in [0.1, 0.15) is 12.5 Å². The molecule has 3 aromatic rings. The Bertz CT molecular complexity index is 992. The molecule has 8 nitrogen and oxygen atoms in total. The molecule has 0 atom stereocenters. The van der Waals surface area contributed by atoms with Gasteiger partial charge in [-0.05, 0) is 17.0 Å². The summed E-state index contributed by atoms with van der Waals surface area (Å²) in [6.45, 7) is 5.26. The van der Waals surface area contributed by atoms with Gasteiger partial charge in [0.25, 0.3) is 5.89 Å². The van der Waals surface area contributed by atoms with Crippen LogP contribution in [-0.2, 0) is 16.1 Å². The molecule has 1 fully saturated rings. The van der Waals surface area contributed by atoms with Crippen LogP contribution in [0.5, 0.6) is 0 Å². The largest absolute Gasteiger partial charge is 0.347 e. The van der Waals surface area contributed by atoms with E-state index in [2.05, 4.69) is 32.5 Å². The number of aromatic nitrogens is 2. The molecule has 4 rings (SSSR count). The van der Waals surface area contributed by atoms with Crippen LogP contribution in [0.3, 0.4) is 0 Å². The first kappa shape index (κ1) is 20.2. The van der Waals surface area contributed by atoms with Crippen LogP contribution in [0, 0.1) is 0 Å². The van der Waals surface area contributed by atoms with E-state index in [9.17, 15) is 9.59 Å². The van der Waals surface area contributed by atoms with E-state index in [1.54, 1.807) is 16.2 Å². The van der Waals surface area contributed by atoms with Gasteiger partial charge in [0.05, 0.1) is 11.4 Å². The smallest absolute Gasteiger partial charge is 0.268 e. The number of amides is 2. The van der Waals surface area contributed by atoms with E-state index >= 15 is 0 Å². The maximum absolute atomic E-state index is 12.1. The highest BCUT2D eigenvalue weighted by atomic mass is 32.1. The van der Waals surface area contributed by atoms with Crippen molar-refractivity contribution >= 4 is 23.2 Å². The lowest BCUT2D eigenvalue weighted by Gasteiger charge is -2.34. The zero-order chi connectivity index (χ0) is 20.9. The van der Waals surface area contributed by atoms with Crippen LogP contribution < -0.4 is 5.32 Å². The van der Waals surface area contributed by atoms with Crippen molar-refractivity contribution in [2.45, 2.75) is 13.5 Å². The van der Waals surface area contributed by atoms with Gasteiger partial charge in [0.2, 0.25) is 17.6 Å². The number of rotatable bonds is 6. The third kappa shape index (κ3) is 4.92. The van der Waals surface area contributed by atoms with Crippen molar-refractivity contribution in [1.29, 1.82) is 0 Å². The molecule has 2 aromatic heterocycles. The van der Waals surface area contributed by atoms with Crippen molar-refractivity contribution in [3.05, 3.63) is 47.3 Å². The van der Waals surface area contributed by atoms with Gasteiger partial charge in [-0.1, -0.05) is 35.5 Å². The number of hydrogen-bond donors (Lipinski definition) is 1. The molecule has 0 spiro atoms. The Morgan fingerprint density at radius 3 is 2.57 bits per heavy atom. The summed E-state index contributed by atoms with van der Waals surface area (Å²) in [5, 5.41) is 8.63. The summed E-state index contributed by atoms with van der Waals surface area (Å²) < 4.78 is 5.36. The fraction of sp³-hybridized carbons (Fsp3) is 0.333. The van der Waals surface area contributed by atoms with Gasteiger partial charge in [0.15, 0.2) is 0 Å². The molecule has 30 heavy (non-hydrogen) atoms. The van der Waals surface area contributed by atoms with Gasteiger partial charge in [-0.25, -0.2) is 0 Å². The van der Waals surface area contributed by atoms with E-state index in [1.165, 1.54) is 12.5 Å². The number of nitrogens with one attached hydrogen (secondary N) is 1. The van der Waals surface area contributed by atoms with Crippen molar-refractivity contribution in [2.24, 2.45) is 0 Å². The van der Waals surface area contributed by atoms with Crippen LogP contribution in [-0.4, -0.2) is 64.5 Å². The molecule has 1 saturated heterocycles. The summed E-state index contributed by atoms with van der Waals surface area (Å²) in [6, 6.07) is 12.1. The first-order valence-electron chi connectivity index (χ1n) is 9.80. The lowest BCUT2D eigenvalue weighted by atomic mass is 10.1. The second kappa shape index (κ2) is 9.19. The number of carbonyl (C=O) groups is 2. The van der Waals surface area contributed by atoms with Crippen molar-refractivity contribution in [2.75, 3.05) is 32.7 Å². The molecule has 0 aliphatic carbocycles. The third-order valence-corrected chi connectivity index (χ3v) is 5.85. The molecular weight excluding hydrogens is 402 g/mol. The third-order valence-electron chi connectivity index (χ3n) is 4.99. The second-order valence-electron chi connectivity index (χ2n) is 7.16. The minimum Gasteiger partial charge on any atom is -0.347 e. The minimum atomic E-state index is -0.186. The highest BCUT2D eigenvalue weighted by Gasteiger charge is 2.21. The lowest BCUT2D eigenvalue weighted by Crippen LogP contribution is -2.50. The van der Waals surface area contributed by atoms with Gasteiger partial charge >= 0.3 is 0 Å². The SMILES string of the molecule is CC(=O)NCC(=O)N1CCN(Cc2ccc(-c3noc(-c4cccs4)n3)cc2)CC1. The summed E-state index contributed by atoms with van der Waals surface area (Å²) in [7, 11) is 0. The van der Waals surface area contributed by atoms with Crippen LogP contribution in [0.15, 0.2) is 46.3 Å². The predicted octanol–water partition coefficient (Wildman–Crippen LogP) is 2.25. The molecule has 2 amide bonds. The lowest BCUT2D eigenvalue weighted by molar-refractivity contribution is -0.134. The summed E-state index contributed by atoms with van der Waals surface area (Å²) in [5.74, 6) is 0.900. The Labute approximate surface area is 178 Å². The van der Waals surface area contributed by atoms with Gasteiger partial charge in [-0.15, -0.1) is 11.3 Å². The van der Waals surface area contributed by atoms with Crippen LogP contribution in [0.25, 0.3) is 22.2 Å². The van der Waals surface area contributed by atoms with Gasteiger partial charge < -0.3 is 14.7 Å². The molecule has 1 N–H and O–H groups in total. The van der Waals surface area contributed by atoms with Gasteiger partial charge in [-0.2, -0.15) is 4.98 Å². The Morgan fingerprint density at radius 1 is 1.13 bits per heavy atom. The van der Waals surface area contributed by atoms with Crippen molar-refractivity contribution < 1.29 is 14.1 Å². The number of benzene rings is 1. The quantitative estimate of drug-likeness (QED) is 0.651. The predicted molar refractivity (Wildman–Crippen MR) is 114 cm³/mol. The van der Waals surface area contributed by atoms with Crippen LogP contribution in [0.2, 0.25) is 0 Å². The maximum Gasteiger partial charge on any atom is 0.268 e. The number of piperazine rings is 1. The number of thiophene rings is 1. The fourth-order valence-electron chi connectivity index (χ4n) is 3.33. The average Bonchev–Trinajstić information content (AvgIpc) is 3.45. The topological polar surface area (TPSA) is 91.6 Å². The normalized spacial score (nSPS) is 14.6.